The van der Waals surface area contributed by atoms with E-state index < -0.39 is 0 Å². The molecule has 1 aliphatic rings. The van der Waals surface area contributed by atoms with Gasteiger partial charge < -0.3 is 15.2 Å². The highest BCUT2D eigenvalue weighted by molar-refractivity contribution is 5.41. The SMILES string of the molecule is CCC(N)Cc1ccc(OC)cc1OC1CCCCC1. The van der Waals surface area contributed by atoms with E-state index in [1.54, 1.807) is 7.11 Å². The lowest BCUT2D eigenvalue weighted by atomic mass is 9.97. The molecule has 1 fully saturated rings. The number of ether oxygens (including phenoxy) is 2. The Hall–Kier alpha value is -1.22. The number of methoxy groups -OCH3 is 1. The molecule has 3 heteroatoms. The molecule has 0 saturated heterocycles. The van der Waals surface area contributed by atoms with E-state index in [4.69, 9.17) is 15.2 Å². The summed E-state index contributed by atoms with van der Waals surface area (Å²) in [6.45, 7) is 2.12. The van der Waals surface area contributed by atoms with Crippen LogP contribution in [0, 0.1) is 0 Å². The van der Waals surface area contributed by atoms with Crippen molar-refractivity contribution in [2.45, 2.75) is 64.0 Å². The van der Waals surface area contributed by atoms with Gasteiger partial charge in [0.15, 0.2) is 0 Å². The van der Waals surface area contributed by atoms with Gasteiger partial charge >= 0.3 is 0 Å². The first-order valence-corrected chi connectivity index (χ1v) is 7.82. The van der Waals surface area contributed by atoms with Crippen molar-refractivity contribution < 1.29 is 9.47 Å². The Balaban J connectivity index is 2.13. The lowest BCUT2D eigenvalue weighted by Gasteiger charge is -2.25. The van der Waals surface area contributed by atoms with Crippen molar-refractivity contribution in [3.63, 3.8) is 0 Å². The molecule has 0 radical (unpaired) electrons. The molecular weight excluding hydrogens is 250 g/mol. The molecule has 0 aromatic heterocycles. The summed E-state index contributed by atoms with van der Waals surface area (Å²) in [6.07, 6.45) is 8.42. The number of nitrogens with two attached hydrogens (primary N) is 1. The van der Waals surface area contributed by atoms with Crippen LogP contribution in [0.25, 0.3) is 0 Å². The standard InChI is InChI=1S/C17H27NO2/c1-3-14(18)11-13-9-10-16(19-2)12-17(13)20-15-7-5-4-6-8-15/h9-10,12,14-15H,3-8,11,18H2,1-2H3. The number of hydrogen-bond acceptors (Lipinski definition) is 3. The van der Waals surface area contributed by atoms with Crippen LogP contribution in [0.15, 0.2) is 18.2 Å². The topological polar surface area (TPSA) is 44.5 Å². The van der Waals surface area contributed by atoms with Crippen LogP contribution in [0.5, 0.6) is 11.5 Å². The second-order valence-corrected chi connectivity index (χ2v) is 5.72. The van der Waals surface area contributed by atoms with Crippen LogP contribution in [0.3, 0.4) is 0 Å². The van der Waals surface area contributed by atoms with Gasteiger partial charge in [0.25, 0.3) is 0 Å². The Morgan fingerprint density at radius 1 is 1.25 bits per heavy atom. The molecule has 2 rings (SSSR count). The highest BCUT2D eigenvalue weighted by Crippen LogP contribution is 2.30. The number of benzene rings is 1. The van der Waals surface area contributed by atoms with E-state index >= 15 is 0 Å². The maximum Gasteiger partial charge on any atom is 0.126 e. The average molecular weight is 277 g/mol. The molecule has 2 N–H and O–H groups in total. The van der Waals surface area contributed by atoms with Gasteiger partial charge in [0.2, 0.25) is 0 Å². The average Bonchev–Trinajstić information content (AvgIpc) is 2.49. The second-order valence-electron chi connectivity index (χ2n) is 5.72. The van der Waals surface area contributed by atoms with Crippen LogP contribution in [0.4, 0.5) is 0 Å². The summed E-state index contributed by atoms with van der Waals surface area (Å²) in [5, 5.41) is 0. The zero-order valence-electron chi connectivity index (χ0n) is 12.7. The molecule has 1 aromatic rings. The fourth-order valence-electron chi connectivity index (χ4n) is 2.73. The van der Waals surface area contributed by atoms with E-state index in [-0.39, 0.29) is 6.04 Å². The van der Waals surface area contributed by atoms with Crippen LogP contribution < -0.4 is 15.2 Å². The van der Waals surface area contributed by atoms with E-state index in [9.17, 15) is 0 Å². The van der Waals surface area contributed by atoms with E-state index in [1.807, 2.05) is 12.1 Å². The van der Waals surface area contributed by atoms with Gasteiger partial charge in [0.1, 0.15) is 11.5 Å². The quantitative estimate of drug-likeness (QED) is 0.862. The normalized spacial score (nSPS) is 17.8. The first kappa shape index (κ1) is 15.2. The zero-order chi connectivity index (χ0) is 14.4. The Kier molecular flexibility index (Phi) is 5.72. The predicted molar refractivity (Wildman–Crippen MR) is 82.5 cm³/mol. The number of hydrogen-bond donors (Lipinski definition) is 1. The van der Waals surface area contributed by atoms with E-state index in [0.717, 1.165) is 37.2 Å². The van der Waals surface area contributed by atoms with Crippen LogP contribution in [-0.4, -0.2) is 19.3 Å². The monoisotopic (exact) mass is 277 g/mol. The van der Waals surface area contributed by atoms with Crippen molar-refractivity contribution in [3.8, 4) is 11.5 Å². The molecular formula is C17H27NO2. The van der Waals surface area contributed by atoms with Crippen molar-refractivity contribution >= 4 is 0 Å². The van der Waals surface area contributed by atoms with Gasteiger partial charge in [0.05, 0.1) is 13.2 Å². The van der Waals surface area contributed by atoms with Gasteiger partial charge in [-0.3, -0.25) is 0 Å². The van der Waals surface area contributed by atoms with Crippen LogP contribution in [-0.2, 0) is 6.42 Å². The molecule has 1 saturated carbocycles. The molecule has 1 aromatic carbocycles. The van der Waals surface area contributed by atoms with E-state index in [2.05, 4.69) is 13.0 Å². The summed E-state index contributed by atoms with van der Waals surface area (Å²) in [6, 6.07) is 6.28. The summed E-state index contributed by atoms with van der Waals surface area (Å²) in [7, 11) is 1.69. The lowest BCUT2D eigenvalue weighted by Crippen LogP contribution is -2.24. The Labute approximate surface area is 122 Å². The molecule has 1 aliphatic carbocycles. The summed E-state index contributed by atoms with van der Waals surface area (Å²) in [5.74, 6) is 1.81. The first-order chi connectivity index (χ1) is 9.72. The third kappa shape index (κ3) is 4.14. The van der Waals surface area contributed by atoms with E-state index in [1.165, 1.54) is 24.8 Å². The van der Waals surface area contributed by atoms with Crippen molar-refractivity contribution in [1.29, 1.82) is 0 Å². The lowest BCUT2D eigenvalue weighted by molar-refractivity contribution is 0.153. The summed E-state index contributed by atoms with van der Waals surface area (Å²) >= 11 is 0. The van der Waals surface area contributed by atoms with E-state index in [0.29, 0.717) is 6.10 Å². The summed E-state index contributed by atoms with van der Waals surface area (Å²) < 4.78 is 11.6. The molecule has 1 atom stereocenters. The molecule has 0 amide bonds. The minimum atomic E-state index is 0.192. The number of rotatable bonds is 6. The highest BCUT2D eigenvalue weighted by Gasteiger charge is 2.17. The van der Waals surface area contributed by atoms with Gasteiger partial charge in [-0.25, -0.2) is 0 Å². The molecule has 0 aliphatic heterocycles. The maximum absolute atomic E-state index is 6.24. The molecule has 3 nitrogen and oxygen atoms in total. The van der Waals surface area contributed by atoms with Gasteiger partial charge in [-0.1, -0.05) is 19.4 Å². The Bertz CT molecular complexity index is 413. The van der Waals surface area contributed by atoms with Gasteiger partial charge in [-0.15, -0.1) is 0 Å². The fraction of sp³-hybridized carbons (Fsp3) is 0.647. The molecule has 0 spiro atoms. The van der Waals surface area contributed by atoms with Gasteiger partial charge in [0, 0.05) is 12.1 Å². The molecule has 0 heterocycles. The molecule has 20 heavy (non-hydrogen) atoms. The smallest absolute Gasteiger partial charge is 0.126 e. The molecule has 112 valence electrons. The van der Waals surface area contributed by atoms with Crippen LogP contribution in [0.1, 0.15) is 51.0 Å². The minimum absolute atomic E-state index is 0.192. The minimum Gasteiger partial charge on any atom is -0.497 e. The van der Waals surface area contributed by atoms with Crippen LogP contribution >= 0.6 is 0 Å². The maximum atomic E-state index is 6.24. The Morgan fingerprint density at radius 3 is 2.65 bits per heavy atom. The third-order valence-corrected chi connectivity index (χ3v) is 4.13. The summed E-state index contributed by atoms with van der Waals surface area (Å²) in [5.41, 5.74) is 7.29. The zero-order valence-corrected chi connectivity index (χ0v) is 12.7. The van der Waals surface area contributed by atoms with Gasteiger partial charge in [-0.05, 0) is 50.2 Å². The van der Waals surface area contributed by atoms with Crippen molar-refractivity contribution in [2.75, 3.05) is 7.11 Å². The van der Waals surface area contributed by atoms with Crippen molar-refractivity contribution in [3.05, 3.63) is 23.8 Å². The third-order valence-electron chi connectivity index (χ3n) is 4.13. The summed E-state index contributed by atoms with van der Waals surface area (Å²) in [4.78, 5) is 0. The molecule has 0 bridgehead atoms. The fourth-order valence-corrected chi connectivity index (χ4v) is 2.73. The Morgan fingerprint density at radius 2 is 2.00 bits per heavy atom. The van der Waals surface area contributed by atoms with Crippen molar-refractivity contribution in [2.24, 2.45) is 5.73 Å². The first-order valence-electron chi connectivity index (χ1n) is 7.82. The molecule has 1 unspecified atom stereocenters. The van der Waals surface area contributed by atoms with Crippen molar-refractivity contribution in [1.82, 2.24) is 0 Å². The largest absolute Gasteiger partial charge is 0.497 e. The van der Waals surface area contributed by atoms with Crippen LogP contribution in [0.2, 0.25) is 0 Å². The second kappa shape index (κ2) is 7.53. The predicted octanol–water partition coefficient (Wildman–Crippen LogP) is 3.69. The van der Waals surface area contributed by atoms with Gasteiger partial charge in [-0.2, -0.15) is 0 Å². The highest BCUT2D eigenvalue weighted by atomic mass is 16.5.